The number of phenolic OH excluding ortho intramolecular Hbond substituents is 1. The highest BCUT2D eigenvalue weighted by Gasteiger charge is 2.28. The number of hydrogen-bond acceptors (Lipinski definition) is 7. The lowest BCUT2D eigenvalue weighted by molar-refractivity contribution is -0.143. The van der Waals surface area contributed by atoms with Crippen molar-refractivity contribution in [2.75, 3.05) is 13.7 Å². The van der Waals surface area contributed by atoms with Crippen LogP contribution in [0.4, 0.5) is 0 Å². The zero-order valence-corrected chi connectivity index (χ0v) is 19.1. The fourth-order valence-corrected chi connectivity index (χ4v) is 3.25. The molecule has 6 N–H and O–H groups in total. The molecule has 0 aromatic heterocycles. The second-order valence-electron chi connectivity index (χ2n) is 7.77. The molecule has 10 nitrogen and oxygen atoms in total. The molecule has 0 bridgehead atoms. The minimum absolute atomic E-state index is 0.0955. The molecule has 2 aromatic carbocycles. The number of benzene rings is 2. The van der Waals surface area contributed by atoms with E-state index in [1.165, 1.54) is 19.2 Å². The molecule has 0 fully saturated rings. The smallest absolute Gasteiger partial charge is 0.323 e. The van der Waals surface area contributed by atoms with Crippen LogP contribution in [0.2, 0.25) is 0 Å². The first kappa shape index (κ1) is 26.3. The summed E-state index contributed by atoms with van der Waals surface area (Å²) in [6, 6.07) is 12.7. The van der Waals surface area contributed by atoms with Gasteiger partial charge in [0, 0.05) is 6.42 Å². The molecule has 3 amide bonds. The maximum absolute atomic E-state index is 12.9. The van der Waals surface area contributed by atoms with E-state index < -0.39 is 41.8 Å². The van der Waals surface area contributed by atoms with Crippen molar-refractivity contribution in [3.8, 4) is 5.75 Å². The lowest BCUT2D eigenvalue weighted by Gasteiger charge is -2.24. The normalized spacial score (nSPS) is 13.2. The van der Waals surface area contributed by atoms with Crippen molar-refractivity contribution in [1.29, 1.82) is 0 Å². The second kappa shape index (κ2) is 12.9. The van der Waals surface area contributed by atoms with E-state index in [9.17, 15) is 24.3 Å². The van der Waals surface area contributed by atoms with E-state index in [1.807, 2.05) is 30.3 Å². The van der Waals surface area contributed by atoms with Crippen molar-refractivity contribution in [2.24, 2.45) is 5.73 Å². The molecule has 2 aromatic rings. The maximum Gasteiger partial charge on any atom is 0.323 e. The first-order chi connectivity index (χ1) is 16.2. The van der Waals surface area contributed by atoms with Crippen molar-refractivity contribution < 1.29 is 29.0 Å². The molecule has 0 heterocycles. The lowest BCUT2D eigenvalue weighted by Crippen LogP contribution is -2.56. The quantitative estimate of drug-likeness (QED) is 0.268. The second-order valence-corrected chi connectivity index (χ2v) is 7.77. The van der Waals surface area contributed by atoms with Crippen LogP contribution in [0.15, 0.2) is 54.6 Å². The number of hydrogen-bond donors (Lipinski definition) is 5. The molecule has 34 heavy (non-hydrogen) atoms. The van der Waals surface area contributed by atoms with E-state index in [4.69, 9.17) is 10.5 Å². The Hall–Kier alpha value is -3.92. The third kappa shape index (κ3) is 8.55. The Morgan fingerprint density at radius 3 is 2.09 bits per heavy atom. The number of nitrogens with two attached hydrogens (primary N) is 1. The Balaban J connectivity index is 2.09. The first-order valence-electron chi connectivity index (χ1n) is 10.7. The molecule has 0 spiro atoms. The molecular weight excluding hydrogens is 440 g/mol. The predicted octanol–water partition coefficient (Wildman–Crippen LogP) is -0.217. The fourth-order valence-electron chi connectivity index (χ4n) is 3.25. The molecule has 0 aliphatic heterocycles. The molecule has 0 aliphatic carbocycles. The van der Waals surface area contributed by atoms with Crippen molar-refractivity contribution in [2.45, 2.75) is 37.9 Å². The van der Waals surface area contributed by atoms with E-state index in [2.05, 4.69) is 16.0 Å². The van der Waals surface area contributed by atoms with Crippen LogP contribution in [0.25, 0.3) is 0 Å². The van der Waals surface area contributed by atoms with Gasteiger partial charge in [0.25, 0.3) is 0 Å². The predicted molar refractivity (Wildman–Crippen MR) is 124 cm³/mol. The van der Waals surface area contributed by atoms with Crippen LogP contribution in [0.3, 0.4) is 0 Å². The first-order valence-corrected chi connectivity index (χ1v) is 10.7. The summed E-state index contributed by atoms with van der Waals surface area (Å²) in [6.45, 7) is 1.20. The van der Waals surface area contributed by atoms with Crippen LogP contribution in [-0.4, -0.2) is 60.6 Å². The number of ether oxygens (including phenoxy) is 1. The van der Waals surface area contributed by atoms with Crippen LogP contribution in [0.5, 0.6) is 5.75 Å². The monoisotopic (exact) mass is 470 g/mol. The Morgan fingerprint density at radius 1 is 0.912 bits per heavy atom. The number of esters is 1. The highest BCUT2D eigenvalue weighted by Crippen LogP contribution is 2.12. The Kier molecular flexibility index (Phi) is 10.0. The number of amides is 3. The summed E-state index contributed by atoms with van der Waals surface area (Å²) < 4.78 is 4.85. The van der Waals surface area contributed by atoms with Gasteiger partial charge in [-0.3, -0.25) is 24.5 Å². The van der Waals surface area contributed by atoms with Crippen molar-refractivity contribution in [3.05, 3.63) is 65.7 Å². The topological polar surface area (TPSA) is 160 Å². The molecule has 0 aliphatic rings. The van der Waals surface area contributed by atoms with Gasteiger partial charge in [-0.05, 0) is 36.6 Å². The van der Waals surface area contributed by atoms with Gasteiger partial charge < -0.3 is 26.2 Å². The molecule has 0 saturated heterocycles. The molecule has 182 valence electrons. The van der Waals surface area contributed by atoms with Gasteiger partial charge in [0.05, 0.1) is 19.7 Å². The van der Waals surface area contributed by atoms with E-state index in [-0.39, 0.29) is 25.1 Å². The van der Waals surface area contributed by atoms with E-state index in [0.717, 1.165) is 11.1 Å². The van der Waals surface area contributed by atoms with Crippen LogP contribution < -0.4 is 21.7 Å². The van der Waals surface area contributed by atoms with Crippen molar-refractivity contribution >= 4 is 23.7 Å². The number of carbonyl (C=O) groups is 4. The average Bonchev–Trinajstić information content (AvgIpc) is 2.82. The third-order valence-electron chi connectivity index (χ3n) is 5.06. The van der Waals surface area contributed by atoms with Gasteiger partial charge in [-0.1, -0.05) is 42.5 Å². The van der Waals surface area contributed by atoms with Crippen LogP contribution in [0, 0.1) is 0 Å². The zero-order chi connectivity index (χ0) is 25.1. The molecule has 3 atom stereocenters. The summed E-state index contributed by atoms with van der Waals surface area (Å²) in [5.74, 6) is -2.25. The summed E-state index contributed by atoms with van der Waals surface area (Å²) in [7, 11) is 1.25. The summed E-state index contributed by atoms with van der Waals surface area (Å²) in [5.41, 5.74) is 6.66. The van der Waals surface area contributed by atoms with E-state index in [1.54, 1.807) is 19.1 Å². The number of nitrogens with one attached hydrogen (secondary N) is 3. The Morgan fingerprint density at radius 2 is 1.50 bits per heavy atom. The molecule has 0 radical (unpaired) electrons. The summed E-state index contributed by atoms with van der Waals surface area (Å²) >= 11 is 0. The minimum Gasteiger partial charge on any atom is -0.508 e. The Bertz CT molecular complexity index is 981. The largest absolute Gasteiger partial charge is 0.508 e. The highest BCUT2D eigenvalue weighted by molar-refractivity contribution is 5.92. The summed E-state index contributed by atoms with van der Waals surface area (Å²) in [4.78, 5) is 48.8. The van der Waals surface area contributed by atoms with Gasteiger partial charge in [-0.15, -0.1) is 0 Å². The highest BCUT2D eigenvalue weighted by atomic mass is 16.5. The number of aromatic hydroxyl groups is 1. The minimum atomic E-state index is -0.966. The average molecular weight is 471 g/mol. The van der Waals surface area contributed by atoms with Crippen LogP contribution in [0.1, 0.15) is 18.1 Å². The number of methoxy groups -OCH3 is 1. The number of rotatable bonds is 12. The van der Waals surface area contributed by atoms with E-state index in [0.29, 0.717) is 0 Å². The zero-order valence-electron chi connectivity index (χ0n) is 19.1. The number of primary amides is 1. The molecule has 0 saturated carbocycles. The van der Waals surface area contributed by atoms with Crippen LogP contribution in [-0.2, 0) is 36.8 Å². The SMILES string of the molecule is COC(=O)[C@H](Cc1ccc(O)cc1)N[C@H](C)C(=O)N[C@@H](Cc1ccccc1)C(=O)NCC(N)=O. The van der Waals surface area contributed by atoms with Crippen molar-refractivity contribution in [3.63, 3.8) is 0 Å². The lowest BCUT2D eigenvalue weighted by atomic mass is 10.0. The van der Waals surface area contributed by atoms with E-state index >= 15 is 0 Å². The van der Waals surface area contributed by atoms with Gasteiger partial charge in [0.1, 0.15) is 17.8 Å². The fraction of sp³-hybridized carbons (Fsp3) is 0.333. The molecular formula is C24H30N4O6. The maximum atomic E-state index is 12.9. The number of carbonyl (C=O) groups excluding carboxylic acids is 4. The van der Waals surface area contributed by atoms with Gasteiger partial charge in [0.15, 0.2) is 0 Å². The molecule has 2 rings (SSSR count). The summed E-state index contributed by atoms with van der Waals surface area (Å²) in [5, 5.41) is 17.5. The van der Waals surface area contributed by atoms with Crippen LogP contribution >= 0.6 is 0 Å². The molecule has 0 unspecified atom stereocenters. The standard InChI is InChI=1S/C24H30N4O6/c1-15(27-20(24(33)34-2)13-17-8-10-18(29)11-9-17)22(31)28-19(23(32)26-14-21(25)30)12-16-6-4-3-5-7-16/h3-11,15,19-20,27,29H,12-14H2,1-2H3,(H2,25,30)(H,26,32)(H,28,31)/t15-,19+,20+/m1/s1. The number of phenols is 1. The van der Waals surface area contributed by atoms with Gasteiger partial charge in [-0.25, -0.2) is 0 Å². The molecule has 10 heteroatoms. The van der Waals surface area contributed by atoms with Gasteiger partial charge in [-0.2, -0.15) is 0 Å². The van der Waals surface area contributed by atoms with Gasteiger partial charge in [0.2, 0.25) is 17.7 Å². The van der Waals surface area contributed by atoms with Gasteiger partial charge >= 0.3 is 5.97 Å². The Labute approximate surface area is 197 Å². The summed E-state index contributed by atoms with van der Waals surface area (Å²) in [6.07, 6.45) is 0.412. The third-order valence-corrected chi connectivity index (χ3v) is 5.06. The van der Waals surface area contributed by atoms with Crippen molar-refractivity contribution in [1.82, 2.24) is 16.0 Å².